The van der Waals surface area contributed by atoms with E-state index in [-0.39, 0.29) is 4.90 Å². The van der Waals surface area contributed by atoms with E-state index in [4.69, 9.17) is 0 Å². The molecule has 3 aromatic rings. The summed E-state index contributed by atoms with van der Waals surface area (Å²) in [5.74, 6) is 0. The largest absolute Gasteiger partial charge is 0.371 e. The minimum atomic E-state index is -3.65. The SMILES string of the molecule is CN(Cc1ccccc1N1CCCC1)S(=O)(=O)c1cccc2nsnc12. The molecular formula is C18H20N4O2S2. The van der Waals surface area contributed by atoms with Crippen LogP contribution in [-0.2, 0) is 16.6 Å². The van der Waals surface area contributed by atoms with Crippen LogP contribution < -0.4 is 4.90 Å². The summed E-state index contributed by atoms with van der Waals surface area (Å²) in [7, 11) is -2.04. The van der Waals surface area contributed by atoms with Crippen molar-refractivity contribution in [2.24, 2.45) is 0 Å². The predicted octanol–water partition coefficient (Wildman–Crippen LogP) is 3.11. The number of benzene rings is 2. The van der Waals surface area contributed by atoms with Crippen LogP contribution in [0.5, 0.6) is 0 Å². The summed E-state index contributed by atoms with van der Waals surface area (Å²) in [4.78, 5) is 2.55. The van der Waals surface area contributed by atoms with Crippen LogP contribution >= 0.6 is 11.7 Å². The molecule has 0 radical (unpaired) electrons. The van der Waals surface area contributed by atoms with E-state index in [9.17, 15) is 8.42 Å². The van der Waals surface area contributed by atoms with Crippen molar-refractivity contribution >= 4 is 38.5 Å². The molecule has 1 aliphatic rings. The van der Waals surface area contributed by atoms with Gasteiger partial charge in [-0.2, -0.15) is 13.1 Å². The van der Waals surface area contributed by atoms with Crippen LogP contribution in [0.15, 0.2) is 47.4 Å². The number of sulfonamides is 1. The molecule has 8 heteroatoms. The third kappa shape index (κ3) is 3.08. The van der Waals surface area contributed by atoms with Gasteiger partial charge in [0.1, 0.15) is 15.9 Å². The van der Waals surface area contributed by atoms with Gasteiger partial charge < -0.3 is 4.90 Å². The summed E-state index contributed by atoms with van der Waals surface area (Å²) in [6.07, 6.45) is 2.36. The summed E-state index contributed by atoms with van der Waals surface area (Å²) < 4.78 is 36.0. The molecule has 0 bridgehead atoms. The highest BCUT2D eigenvalue weighted by atomic mass is 32.2. The molecule has 6 nitrogen and oxygen atoms in total. The molecule has 4 rings (SSSR count). The third-order valence-electron chi connectivity index (χ3n) is 4.77. The molecule has 1 aliphatic heterocycles. The molecule has 1 saturated heterocycles. The molecule has 136 valence electrons. The second kappa shape index (κ2) is 6.94. The summed E-state index contributed by atoms with van der Waals surface area (Å²) in [5.41, 5.74) is 3.20. The van der Waals surface area contributed by atoms with E-state index >= 15 is 0 Å². The maximum Gasteiger partial charge on any atom is 0.245 e. The molecule has 0 N–H and O–H groups in total. The van der Waals surface area contributed by atoms with Gasteiger partial charge in [-0.05, 0) is 36.6 Å². The number of nitrogens with zero attached hydrogens (tertiary/aromatic N) is 4. The van der Waals surface area contributed by atoms with Gasteiger partial charge in [-0.3, -0.25) is 0 Å². The van der Waals surface area contributed by atoms with E-state index in [0.717, 1.165) is 36.1 Å². The highest BCUT2D eigenvalue weighted by Crippen LogP contribution is 2.28. The number of para-hydroxylation sites is 1. The van der Waals surface area contributed by atoms with Gasteiger partial charge in [0.2, 0.25) is 10.0 Å². The molecule has 2 heterocycles. The molecule has 1 aromatic heterocycles. The normalized spacial score (nSPS) is 15.2. The average molecular weight is 389 g/mol. The quantitative estimate of drug-likeness (QED) is 0.672. The Labute approximate surface area is 157 Å². The molecule has 26 heavy (non-hydrogen) atoms. The maximum atomic E-state index is 13.1. The van der Waals surface area contributed by atoms with E-state index in [1.807, 2.05) is 18.2 Å². The van der Waals surface area contributed by atoms with Gasteiger partial charge in [0.25, 0.3) is 0 Å². The third-order valence-corrected chi connectivity index (χ3v) is 7.15. The topological polar surface area (TPSA) is 66.4 Å². The van der Waals surface area contributed by atoms with E-state index in [2.05, 4.69) is 19.7 Å². The highest BCUT2D eigenvalue weighted by molar-refractivity contribution is 7.89. The standard InChI is InChI=1S/C18H20N4O2S2/c1-21(13-14-7-2-3-9-16(14)22-11-4-5-12-22)26(23,24)17-10-6-8-15-18(17)20-25-19-15/h2-3,6-10H,4-5,11-13H2,1H3. The molecular weight excluding hydrogens is 368 g/mol. The van der Waals surface area contributed by atoms with Crippen LogP contribution in [0.3, 0.4) is 0 Å². The number of anilines is 1. The van der Waals surface area contributed by atoms with Crippen molar-refractivity contribution in [3.63, 3.8) is 0 Å². The lowest BCUT2D eigenvalue weighted by Crippen LogP contribution is -2.28. The smallest absolute Gasteiger partial charge is 0.245 e. The Hall–Kier alpha value is -2.03. The van der Waals surface area contributed by atoms with E-state index in [0.29, 0.717) is 17.6 Å². The minimum absolute atomic E-state index is 0.213. The van der Waals surface area contributed by atoms with Crippen molar-refractivity contribution in [3.8, 4) is 0 Å². The second-order valence-electron chi connectivity index (χ2n) is 6.47. The summed E-state index contributed by atoms with van der Waals surface area (Å²) >= 11 is 1.03. The first kappa shape index (κ1) is 17.4. The van der Waals surface area contributed by atoms with E-state index < -0.39 is 10.0 Å². The number of hydrogen-bond acceptors (Lipinski definition) is 6. The Morgan fingerprint density at radius 3 is 2.65 bits per heavy atom. The lowest BCUT2D eigenvalue weighted by Gasteiger charge is -2.24. The van der Waals surface area contributed by atoms with Crippen LogP contribution in [0.1, 0.15) is 18.4 Å². The van der Waals surface area contributed by atoms with Gasteiger partial charge in [0.15, 0.2) is 0 Å². The van der Waals surface area contributed by atoms with Gasteiger partial charge in [-0.25, -0.2) is 8.42 Å². The van der Waals surface area contributed by atoms with Crippen LogP contribution in [0, 0.1) is 0 Å². The number of rotatable bonds is 5. The van der Waals surface area contributed by atoms with Crippen molar-refractivity contribution < 1.29 is 8.42 Å². The maximum absolute atomic E-state index is 13.1. The fourth-order valence-electron chi connectivity index (χ4n) is 3.39. The average Bonchev–Trinajstić information content (AvgIpc) is 3.33. The fraction of sp³-hybridized carbons (Fsp3) is 0.333. The number of aromatic nitrogens is 2. The van der Waals surface area contributed by atoms with E-state index in [1.165, 1.54) is 17.1 Å². The van der Waals surface area contributed by atoms with Gasteiger partial charge in [0, 0.05) is 32.4 Å². The zero-order valence-electron chi connectivity index (χ0n) is 14.5. The zero-order valence-corrected chi connectivity index (χ0v) is 16.1. The van der Waals surface area contributed by atoms with Crippen LogP contribution in [0.2, 0.25) is 0 Å². The minimum Gasteiger partial charge on any atom is -0.371 e. The Bertz CT molecular complexity index is 1030. The summed E-state index contributed by atoms with van der Waals surface area (Å²) in [6, 6.07) is 13.1. The summed E-state index contributed by atoms with van der Waals surface area (Å²) in [5, 5.41) is 0. The molecule has 1 fully saturated rings. The Morgan fingerprint density at radius 1 is 1.08 bits per heavy atom. The molecule has 0 spiro atoms. The van der Waals surface area contributed by atoms with Crippen LogP contribution in [0.4, 0.5) is 5.69 Å². The first-order chi connectivity index (χ1) is 12.6. The number of fused-ring (bicyclic) bond motifs is 1. The lowest BCUT2D eigenvalue weighted by molar-refractivity contribution is 0.467. The predicted molar refractivity (Wildman–Crippen MR) is 104 cm³/mol. The number of hydrogen-bond donors (Lipinski definition) is 0. The van der Waals surface area contributed by atoms with E-state index in [1.54, 1.807) is 25.2 Å². The molecule has 0 unspecified atom stereocenters. The van der Waals surface area contributed by atoms with Crippen molar-refractivity contribution in [2.75, 3.05) is 25.0 Å². The lowest BCUT2D eigenvalue weighted by atomic mass is 10.1. The molecule has 0 atom stereocenters. The van der Waals surface area contributed by atoms with Crippen molar-refractivity contribution in [3.05, 3.63) is 48.0 Å². The van der Waals surface area contributed by atoms with Crippen molar-refractivity contribution in [1.82, 2.24) is 13.1 Å². The van der Waals surface area contributed by atoms with Gasteiger partial charge in [-0.15, -0.1) is 0 Å². The monoisotopic (exact) mass is 388 g/mol. The zero-order chi connectivity index (χ0) is 18.1. The molecule has 2 aromatic carbocycles. The van der Waals surface area contributed by atoms with Crippen LogP contribution in [0.25, 0.3) is 11.0 Å². The fourth-order valence-corrected chi connectivity index (χ4v) is 5.29. The second-order valence-corrected chi connectivity index (χ2v) is 9.01. The Kier molecular flexibility index (Phi) is 4.64. The van der Waals surface area contributed by atoms with Crippen molar-refractivity contribution in [1.29, 1.82) is 0 Å². The summed E-state index contributed by atoms with van der Waals surface area (Å²) in [6.45, 7) is 2.37. The van der Waals surface area contributed by atoms with Crippen molar-refractivity contribution in [2.45, 2.75) is 24.3 Å². The Balaban J connectivity index is 1.66. The first-order valence-electron chi connectivity index (χ1n) is 8.58. The first-order valence-corrected chi connectivity index (χ1v) is 10.7. The molecule has 0 aliphatic carbocycles. The van der Waals surface area contributed by atoms with Gasteiger partial charge in [0.05, 0.1) is 11.7 Å². The van der Waals surface area contributed by atoms with Gasteiger partial charge in [-0.1, -0.05) is 24.3 Å². The molecule has 0 saturated carbocycles. The molecule has 0 amide bonds. The highest BCUT2D eigenvalue weighted by Gasteiger charge is 2.26. The van der Waals surface area contributed by atoms with Crippen LogP contribution in [-0.4, -0.2) is 41.6 Å². The van der Waals surface area contributed by atoms with Gasteiger partial charge >= 0.3 is 0 Å². The Morgan fingerprint density at radius 2 is 1.85 bits per heavy atom.